The number of aromatic amines is 2. The Morgan fingerprint density at radius 2 is 1.55 bits per heavy atom. The molecule has 4 rings (SSSR count). The molecule has 0 saturated heterocycles. The topological polar surface area (TPSA) is 40.8 Å². The van der Waals surface area contributed by atoms with E-state index >= 15 is 13.2 Å². The van der Waals surface area contributed by atoms with E-state index < -0.39 is 11.6 Å². The van der Waals surface area contributed by atoms with Crippen LogP contribution in [0.1, 0.15) is 37.3 Å². The summed E-state index contributed by atoms with van der Waals surface area (Å²) in [5.74, 6) is 0.531. The lowest BCUT2D eigenvalue weighted by Gasteiger charge is -2.36. The van der Waals surface area contributed by atoms with Crippen molar-refractivity contribution in [3.63, 3.8) is 0 Å². The number of halogens is 3. The predicted octanol–water partition coefficient (Wildman–Crippen LogP) is 6.70. The van der Waals surface area contributed by atoms with Crippen LogP contribution < -0.4 is 4.74 Å². The molecule has 2 N–H and O–H groups in total. The average molecular weight is 400 g/mol. The van der Waals surface area contributed by atoms with Gasteiger partial charge < -0.3 is 14.7 Å². The van der Waals surface area contributed by atoms with Crippen LogP contribution in [0.4, 0.5) is 13.2 Å². The standard InChI is InChI=1S/C23H23F3N2O/c1-3-4-11-22(23(24,25)26,18-13-27-20-8-6-5-7-16(18)20)19-14-28-21-10-9-15(29-2)12-17(19)21/h5-10,12-14,27-28H,3-4,11H2,1-2H3. The zero-order valence-corrected chi connectivity index (χ0v) is 16.4. The van der Waals surface area contributed by atoms with E-state index in [1.807, 2.05) is 13.0 Å². The third-order valence-corrected chi connectivity index (χ3v) is 5.79. The third-order valence-electron chi connectivity index (χ3n) is 5.79. The van der Waals surface area contributed by atoms with Crippen LogP contribution >= 0.6 is 0 Å². The highest BCUT2D eigenvalue weighted by atomic mass is 19.4. The molecular formula is C23H23F3N2O. The number of methoxy groups -OCH3 is 1. The van der Waals surface area contributed by atoms with E-state index in [2.05, 4.69) is 9.97 Å². The van der Waals surface area contributed by atoms with Crippen LogP contribution in [0.5, 0.6) is 5.75 Å². The molecule has 3 nitrogen and oxygen atoms in total. The largest absolute Gasteiger partial charge is 0.497 e. The number of hydrogen-bond donors (Lipinski definition) is 2. The van der Waals surface area contributed by atoms with Gasteiger partial charge in [0.15, 0.2) is 0 Å². The molecule has 0 aliphatic heterocycles. The van der Waals surface area contributed by atoms with Crippen LogP contribution in [0.25, 0.3) is 21.8 Å². The minimum atomic E-state index is -4.48. The lowest BCUT2D eigenvalue weighted by molar-refractivity contribution is -0.179. The first-order valence-electron chi connectivity index (χ1n) is 9.71. The molecule has 0 aliphatic rings. The van der Waals surface area contributed by atoms with Crippen molar-refractivity contribution in [1.29, 1.82) is 0 Å². The van der Waals surface area contributed by atoms with Crippen LogP contribution in [0, 0.1) is 0 Å². The van der Waals surface area contributed by atoms with Crippen molar-refractivity contribution in [3.8, 4) is 5.75 Å². The second-order valence-corrected chi connectivity index (χ2v) is 7.37. The van der Waals surface area contributed by atoms with Crippen molar-refractivity contribution >= 4 is 21.8 Å². The first-order valence-corrected chi connectivity index (χ1v) is 9.71. The number of H-pyrrole nitrogens is 2. The summed E-state index contributed by atoms with van der Waals surface area (Å²) in [5.41, 5.74) is -0.279. The van der Waals surface area contributed by atoms with Crippen LogP contribution in [-0.2, 0) is 5.41 Å². The average Bonchev–Trinajstić information content (AvgIpc) is 3.32. The van der Waals surface area contributed by atoms with Crippen molar-refractivity contribution in [3.05, 3.63) is 66.0 Å². The Balaban J connectivity index is 2.08. The van der Waals surface area contributed by atoms with Gasteiger partial charge in [0.05, 0.1) is 7.11 Å². The van der Waals surface area contributed by atoms with Gasteiger partial charge in [-0.25, -0.2) is 0 Å². The summed E-state index contributed by atoms with van der Waals surface area (Å²) in [6.07, 6.45) is -0.353. The second-order valence-electron chi connectivity index (χ2n) is 7.37. The molecule has 0 fully saturated rings. The summed E-state index contributed by atoms with van der Waals surface area (Å²) in [6, 6.07) is 12.3. The van der Waals surface area contributed by atoms with E-state index in [1.54, 1.807) is 36.4 Å². The fourth-order valence-electron chi connectivity index (χ4n) is 4.31. The Morgan fingerprint density at radius 1 is 0.897 bits per heavy atom. The van der Waals surface area contributed by atoms with Crippen molar-refractivity contribution in [2.24, 2.45) is 0 Å². The van der Waals surface area contributed by atoms with Gasteiger partial charge in [0, 0.05) is 34.2 Å². The Hall–Kier alpha value is -2.89. The number of ether oxygens (including phenoxy) is 1. The summed E-state index contributed by atoms with van der Waals surface area (Å²) >= 11 is 0. The van der Waals surface area contributed by atoms with E-state index in [4.69, 9.17) is 4.74 Å². The number of aromatic nitrogens is 2. The lowest BCUT2D eigenvalue weighted by atomic mass is 9.70. The fourth-order valence-corrected chi connectivity index (χ4v) is 4.31. The van der Waals surface area contributed by atoms with Gasteiger partial charge in [-0.1, -0.05) is 38.0 Å². The van der Waals surface area contributed by atoms with Crippen LogP contribution in [0.15, 0.2) is 54.9 Å². The van der Waals surface area contributed by atoms with Gasteiger partial charge in [0.2, 0.25) is 0 Å². The Morgan fingerprint density at radius 3 is 2.21 bits per heavy atom. The van der Waals surface area contributed by atoms with Crippen molar-refractivity contribution in [2.45, 2.75) is 37.8 Å². The van der Waals surface area contributed by atoms with Gasteiger partial charge in [0.1, 0.15) is 11.2 Å². The third kappa shape index (κ3) is 2.98. The molecule has 4 aromatic rings. The van der Waals surface area contributed by atoms with Gasteiger partial charge >= 0.3 is 6.18 Å². The number of unbranched alkanes of at least 4 members (excludes halogenated alkanes) is 1. The van der Waals surface area contributed by atoms with Gasteiger partial charge in [-0.05, 0) is 41.8 Å². The summed E-state index contributed by atoms with van der Waals surface area (Å²) in [7, 11) is 1.52. The highest BCUT2D eigenvalue weighted by Crippen LogP contribution is 2.53. The molecule has 2 heterocycles. The minimum Gasteiger partial charge on any atom is -0.497 e. The molecule has 0 amide bonds. The number of rotatable bonds is 6. The summed E-state index contributed by atoms with van der Waals surface area (Å²) in [5, 5.41) is 1.13. The number of benzene rings is 2. The molecule has 1 atom stereocenters. The number of alkyl halides is 3. The Kier molecular flexibility index (Phi) is 4.81. The summed E-state index contributed by atoms with van der Waals surface area (Å²) in [4.78, 5) is 6.08. The molecular weight excluding hydrogens is 377 g/mol. The summed E-state index contributed by atoms with van der Waals surface area (Å²) in [6.45, 7) is 1.91. The maximum atomic E-state index is 15.0. The van der Waals surface area contributed by atoms with Gasteiger partial charge in [-0.15, -0.1) is 0 Å². The normalized spacial score (nSPS) is 14.4. The first-order chi connectivity index (χ1) is 13.9. The second kappa shape index (κ2) is 7.17. The van der Waals surface area contributed by atoms with Crippen LogP contribution in [0.2, 0.25) is 0 Å². The highest BCUT2D eigenvalue weighted by Gasteiger charge is 2.58. The monoisotopic (exact) mass is 400 g/mol. The maximum Gasteiger partial charge on any atom is 0.402 e. The van der Waals surface area contributed by atoms with Crippen molar-refractivity contribution < 1.29 is 17.9 Å². The molecule has 2 aromatic carbocycles. The number of hydrogen-bond acceptors (Lipinski definition) is 1. The van der Waals surface area contributed by atoms with E-state index in [9.17, 15) is 0 Å². The fraction of sp³-hybridized carbons (Fsp3) is 0.304. The van der Waals surface area contributed by atoms with E-state index in [0.29, 0.717) is 40.4 Å². The molecule has 2 aromatic heterocycles. The first kappa shape index (κ1) is 19.4. The van der Waals surface area contributed by atoms with Crippen LogP contribution in [0.3, 0.4) is 0 Å². The zero-order chi connectivity index (χ0) is 20.6. The lowest BCUT2D eigenvalue weighted by Crippen LogP contribution is -2.43. The quantitative estimate of drug-likeness (QED) is 0.372. The van der Waals surface area contributed by atoms with E-state index in [0.717, 1.165) is 0 Å². The molecule has 1 unspecified atom stereocenters. The SMILES string of the molecule is CCCCC(c1c[nH]c2ccccc12)(c1c[nH]c2ccc(OC)cc12)C(F)(F)F. The molecule has 29 heavy (non-hydrogen) atoms. The Bertz CT molecular complexity index is 1140. The molecule has 0 bridgehead atoms. The van der Waals surface area contributed by atoms with Gasteiger partial charge in [0.25, 0.3) is 0 Å². The van der Waals surface area contributed by atoms with Crippen LogP contribution in [-0.4, -0.2) is 23.3 Å². The molecule has 0 radical (unpaired) electrons. The van der Waals surface area contributed by atoms with Crippen molar-refractivity contribution in [1.82, 2.24) is 9.97 Å². The van der Waals surface area contributed by atoms with Gasteiger partial charge in [-0.2, -0.15) is 13.2 Å². The summed E-state index contributed by atoms with van der Waals surface area (Å²) < 4.78 is 50.3. The molecule has 0 saturated carbocycles. The maximum absolute atomic E-state index is 15.0. The molecule has 152 valence electrons. The van der Waals surface area contributed by atoms with E-state index in [-0.39, 0.29) is 17.5 Å². The molecule has 6 heteroatoms. The zero-order valence-electron chi connectivity index (χ0n) is 16.4. The number of fused-ring (bicyclic) bond motifs is 2. The number of nitrogens with one attached hydrogen (secondary N) is 2. The minimum absolute atomic E-state index is 0.0288. The highest BCUT2D eigenvalue weighted by molar-refractivity contribution is 5.90. The van der Waals surface area contributed by atoms with Gasteiger partial charge in [-0.3, -0.25) is 0 Å². The molecule has 0 aliphatic carbocycles. The van der Waals surface area contributed by atoms with Crippen molar-refractivity contribution in [2.75, 3.05) is 7.11 Å². The van der Waals surface area contributed by atoms with E-state index in [1.165, 1.54) is 19.5 Å². The molecule has 0 spiro atoms. The predicted molar refractivity (Wildman–Crippen MR) is 110 cm³/mol. The smallest absolute Gasteiger partial charge is 0.402 e. The Labute approximate surface area is 166 Å². The number of para-hydroxylation sites is 1.